The zero-order valence-corrected chi connectivity index (χ0v) is 11.6. The molecule has 19 heavy (non-hydrogen) atoms. The summed E-state index contributed by atoms with van der Waals surface area (Å²) in [5.41, 5.74) is 2.21. The minimum absolute atomic E-state index is 0.122. The molecule has 1 fully saturated rings. The van der Waals surface area contributed by atoms with Crippen molar-refractivity contribution in [2.75, 3.05) is 36.5 Å². The monoisotopic (exact) mass is 259 g/mol. The molecule has 0 aromatic heterocycles. The molecule has 1 saturated heterocycles. The fraction of sp³-hybridized carbons (Fsp3) is 0.533. The second kappa shape index (κ2) is 4.85. The predicted molar refractivity (Wildman–Crippen MR) is 77.6 cm³/mol. The van der Waals surface area contributed by atoms with Crippen LogP contribution in [0.25, 0.3) is 0 Å². The average Bonchev–Trinajstić information content (AvgIpc) is 2.85. The summed E-state index contributed by atoms with van der Waals surface area (Å²) in [4.78, 5) is 16.9. The summed E-state index contributed by atoms with van der Waals surface area (Å²) in [5, 5.41) is 3.36. The molecule has 2 heterocycles. The van der Waals surface area contributed by atoms with Crippen molar-refractivity contribution in [2.24, 2.45) is 5.92 Å². The van der Waals surface area contributed by atoms with E-state index in [0.29, 0.717) is 6.04 Å². The topological polar surface area (TPSA) is 35.6 Å². The van der Waals surface area contributed by atoms with Gasteiger partial charge in [0.1, 0.15) is 0 Å². The van der Waals surface area contributed by atoms with E-state index in [0.717, 1.165) is 37.4 Å². The number of likely N-dealkylation sites (N-methyl/N-ethyl adjacent to an activating group) is 1. The number of fused-ring (bicyclic) bond motifs is 1. The van der Waals surface area contributed by atoms with E-state index in [1.54, 1.807) is 0 Å². The summed E-state index contributed by atoms with van der Waals surface area (Å²) in [6.07, 6.45) is 0.953. The zero-order valence-electron chi connectivity index (χ0n) is 11.6. The lowest BCUT2D eigenvalue weighted by Gasteiger charge is -2.37. The molecule has 102 valence electrons. The van der Waals surface area contributed by atoms with Crippen LogP contribution in [0.1, 0.15) is 13.3 Å². The largest absolute Gasteiger partial charge is 0.371 e. The summed E-state index contributed by atoms with van der Waals surface area (Å²) in [5.74, 6) is 0.398. The number of carbonyl (C=O) groups excluding carboxylic acids is 1. The highest BCUT2D eigenvalue weighted by atomic mass is 16.2. The van der Waals surface area contributed by atoms with Crippen LogP contribution in [0, 0.1) is 5.92 Å². The van der Waals surface area contributed by atoms with Gasteiger partial charge in [-0.25, -0.2) is 0 Å². The van der Waals surface area contributed by atoms with Crippen LogP contribution in [0.15, 0.2) is 24.3 Å². The first kappa shape index (κ1) is 12.5. The Hall–Kier alpha value is -1.55. The van der Waals surface area contributed by atoms with Crippen molar-refractivity contribution >= 4 is 17.3 Å². The lowest BCUT2D eigenvalue weighted by molar-refractivity contribution is -0.122. The number of nitrogens with zero attached hydrogens (tertiary/aromatic N) is 2. The van der Waals surface area contributed by atoms with Crippen molar-refractivity contribution in [2.45, 2.75) is 19.4 Å². The van der Waals surface area contributed by atoms with Gasteiger partial charge >= 0.3 is 0 Å². The summed E-state index contributed by atoms with van der Waals surface area (Å²) < 4.78 is 0. The summed E-state index contributed by atoms with van der Waals surface area (Å²) in [6.45, 7) is 4.75. The molecule has 1 amide bonds. The molecule has 3 rings (SSSR count). The number of rotatable bonds is 1. The summed E-state index contributed by atoms with van der Waals surface area (Å²) >= 11 is 0. The second-order valence-corrected chi connectivity index (χ2v) is 5.54. The Morgan fingerprint density at radius 1 is 1.26 bits per heavy atom. The van der Waals surface area contributed by atoms with Gasteiger partial charge < -0.3 is 15.1 Å². The molecule has 4 nitrogen and oxygen atoms in total. The lowest BCUT2D eigenvalue weighted by atomic mass is 9.99. The van der Waals surface area contributed by atoms with Crippen LogP contribution in [0.5, 0.6) is 0 Å². The van der Waals surface area contributed by atoms with Crippen LogP contribution in [-0.4, -0.2) is 38.6 Å². The van der Waals surface area contributed by atoms with Gasteiger partial charge in [0.25, 0.3) is 0 Å². The Kier molecular flexibility index (Phi) is 3.19. The highest BCUT2D eigenvalue weighted by Crippen LogP contribution is 2.33. The first-order valence-electron chi connectivity index (χ1n) is 7.03. The molecule has 2 unspecified atom stereocenters. The maximum atomic E-state index is 12.7. The van der Waals surface area contributed by atoms with Crippen LogP contribution in [0.2, 0.25) is 0 Å². The van der Waals surface area contributed by atoms with Gasteiger partial charge in [-0.3, -0.25) is 4.79 Å². The van der Waals surface area contributed by atoms with Crippen LogP contribution in [-0.2, 0) is 4.79 Å². The summed E-state index contributed by atoms with van der Waals surface area (Å²) in [7, 11) is 2.08. The summed E-state index contributed by atoms with van der Waals surface area (Å²) in [6, 6.07) is 8.47. The van der Waals surface area contributed by atoms with Crippen molar-refractivity contribution in [1.82, 2.24) is 5.32 Å². The van der Waals surface area contributed by atoms with Gasteiger partial charge in [-0.2, -0.15) is 0 Å². The number of benzene rings is 1. The Morgan fingerprint density at radius 2 is 2.00 bits per heavy atom. The maximum absolute atomic E-state index is 12.7. The number of amides is 1. The van der Waals surface area contributed by atoms with Gasteiger partial charge in [0, 0.05) is 26.2 Å². The number of anilines is 2. The van der Waals surface area contributed by atoms with Crippen LogP contribution in [0.3, 0.4) is 0 Å². The van der Waals surface area contributed by atoms with Crippen LogP contribution < -0.4 is 15.1 Å². The van der Waals surface area contributed by atoms with E-state index in [4.69, 9.17) is 0 Å². The molecule has 1 aromatic carbocycles. The van der Waals surface area contributed by atoms with E-state index >= 15 is 0 Å². The average molecular weight is 259 g/mol. The van der Waals surface area contributed by atoms with Gasteiger partial charge in [-0.05, 0) is 32.0 Å². The maximum Gasteiger partial charge on any atom is 0.231 e. The molecule has 1 aromatic rings. The molecule has 1 N–H and O–H groups in total. The fourth-order valence-electron chi connectivity index (χ4n) is 3.13. The SMILES string of the molecule is CC1NCCC1C(=O)N1CCN(C)c2ccccc21. The van der Waals surface area contributed by atoms with Gasteiger partial charge in [0.2, 0.25) is 5.91 Å². The molecule has 2 atom stereocenters. The molecular formula is C15H21N3O. The number of carbonyl (C=O) groups is 1. The third-order valence-corrected chi connectivity index (χ3v) is 4.35. The minimum Gasteiger partial charge on any atom is -0.371 e. The molecule has 2 aliphatic rings. The van der Waals surface area contributed by atoms with E-state index in [1.807, 2.05) is 17.0 Å². The number of nitrogens with one attached hydrogen (secondary N) is 1. The quantitative estimate of drug-likeness (QED) is 0.829. The molecule has 0 bridgehead atoms. The highest BCUT2D eigenvalue weighted by Gasteiger charge is 2.35. The molecule has 0 saturated carbocycles. The third kappa shape index (κ3) is 2.10. The van der Waals surface area contributed by atoms with Crippen molar-refractivity contribution in [3.63, 3.8) is 0 Å². The van der Waals surface area contributed by atoms with Gasteiger partial charge in [-0.1, -0.05) is 12.1 Å². The normalized spacial score (nSPS) is 26.4. The molecule has 0 spiro atoms. The van der Waals surface area contributed by atoms with Crippen LogP contribution in [0.4, 0.5) is 11.4 Å². The van der Waals surface area contributed by atoms with Crippen molar-refractivity contribution in [3.8, 4) is 0 Å². The minimum atomic E-state index is 0.122. The van der Waals surface area contributed by atoms with E-state index in [-0.39, 0.29) is 11.8 Å². The van der Waals surface area contributed by atoms with Crippen molar-refractivity contribution < 1.29 is 4.79 Å². The molecule has 0 aliphatic carbocycles. The third-order valence-electron chi connectivity index (χ3n) is 4.35. The molecular weight excluding hydrogens is 238 g/mol. The highest BCUT2D eigenvalue weighted by molar-refractivity contribution is 5.99. The van der Waals surface area contributed by atoms with Gasteiger partial charge in [0.15, 0.2) is 0 Å². The lowest BCUT2D eigenvalue weighted by Crippen LogP contribution is -2.47. The molecule has 4 heteroatoms. The Labute approximate surface area is 114 Å². The molecule has 0 radical (unpaired) electrons. The Balaban J connectivity index is 1.90. The standard InChI is InChI=1S/C15H21N3O/c1-11-12(7-8-16-11)15(19)18-10-9-17(2)13-5-3-4-6-14(13)18/h3-6,11-12,16H,7-10H2,1-2H3. The van der Waals surface area contributed by atoms with Gasteiger partial charge in [0.05, 0.1) is 17.3 Å². The fourth-order valence-corrected chi connectivity index (χ4v) is 3.13. The van der Waals surface area contributed by atoms with E-state index in [2.05, 4.69) is 36.3 Å². The van der Waals surface area contributed by atoms with Crippen LogP contribution >= 0.6 is 0 Å². The van der Waals surface area contributed by atoms with E-state index in [1.165, 1.54) is 0 Å². The Morgan fingerprint density at radius 3 is 2.68 bits per heavy atom. The van der Waals surface area contributed by atoms with E-state index in [9.17, 15) is 4.79 Å². The van der Waals surface area contributed by atoms with E-state index < -0.39 is 0 Å². The van der Waals surface area contributed by atoms with Gasteiger partial charge in [-0.15, -0.1) is 0 Å². The number of para-hydroxylation sites is 2. The predicted octanol–water partition coefficient (Wildman–Crippen LogP) is 1.47. The second-order valence-electron chi connectivity index (χ2n) is 5.54. The van der Waals surface area contributed by atoms with Crippen molar-refractivity contribution in [3.05, 3.63) is 24.3 Å². The smallest absolute Gasteiger partial charge is 0.231 e. The molecule has 2 aliphatic heterocycles. The first-order chi connectivity index (χ1) is 9.18. The first-order valence-corrected chi connectivity index (χ1v) is 7.03. The number of hydrogen-bond acceptors (Lipinski definition) is 3. The number of hydrogen-bond donors (Lipinski definition) is 1. The Bertz CT molecular complexity index is 488. The van der Waals surface area contributed by atoms with Crippen molar-refractivity contribution in [1.29, 1.82) is 0 Å². The zero-order chi connectivity index (χ0) is 13.4.